The van der Waals surface area contributed by atoms with E-state index in [-0.39, 0.29) is 6.04 Å². The summed E-state index contributed by atoms with van der Waals surface area (Å²) in [5.41, 5.74) is 5.77. The lowest BCUT2D eigenvalue weighted by molar-refractivity contribution is 0.114. The third-order valence-corrected chi connectivity index (χ3v) is 1.60. The van der Waals surface area contributed by atoms with Crippen molar-refractivity contribution in [3.05, 3.63) is 0 Å². The Bertz CT molecular complexity index is 78.6. The highest BCUT2D eigenvalue weighted by Gasteiger charge is 2.01. The van der Waals surface area contributed by atoms with E-state index in [0.29, 0.717) is 6.61 Å². The Labute approximate surface area is 75.2 Å². The molecule has 0 spiro atoms. The summed E-state index contributed by atoms with van der Waals surface area (Å²) in [5, 5.41) is 0. The summed E-state index contributed by atoms with van der Waals surface area (Å²) in [5.74, 6) is 0. The van der Waals surface area contributed by atoms with Gasteiger partial charge in [-0.3, -0.25) is 0 Å². The zero-order valence-electron chi connectivity index (χ0n) is 8.21. The van der Waals surface area contributed by atoms with Gasteiger partial charge in [0.05, 0.1) is 6.61 Å². The molecule has 3 heteroatoms. The SMILES string of the molecule is CCCOCC(N)CCCOC. The first-order valence-corrected chi connectivity index (χ1v) is 4.63. The molecule has 0 amide bonds. The molecule has 0 aliphatic carbocycles. The minimum Gasteiger partial charge on any atom is -0.385 e. The van der Waals surface area contributed by atoms with E-state index in [1.165, 1.54) is 0 Å². The van der Waals surface area contributed by atoms with E-state index < -0.39 is 0 Å². The summed E-state index contributed by atoms with van der Waals surface area (Å²) in [4.78, 5) is 0. The highest BCUT2D eigenvalue weighted by atomic mass is 16.5. The van der Waals surface area contributed by atoms with Gasteiger partial charge in [-0.1, -0.05) is 6.92 Å². The van der Waals surface area contributed by atoms with E-state index >= 15 is 0 Å². The van der Waals surface area contributed by atoms with Crippen LogP contribution in [0.2, 0.25) is 0 Å². The van der Waals surface area contributed by atoms with Crippen molar-refractivity contribution in [3.8, 4) is 0 Å². The lowest BCUT2D eigenvalue weighted by Crippen LogP contribution is -2.26. The molecule has 1 atom stereocenters. The maximum absolute atomic E-state index is 5.77. The lowest BCUT2D eigenvalue weighted by Gasteiger charge is -2.10. The number of nitrogens with two attached hydrogens (primary N) is 1. The van der Waals surface area contributed by atoms with Crippen LogP contribution in [-0.2, 0) is 9.47 Å². The molecule has 0 heterocycles. The van der Waals surface area contributed by atoms with Crippen LogP contribution >= 0.6 is 0 Å². The Hall–Kier alpha value is -0.120. The van der Waals surface area contributed by atoms with Crippen molar-refractivity contribution in [1.29, 1.82) is 0 Å². The van der Waals surface area contributed by atoms with Crippen molar-refractivity contribution < 1.29 is 9.47 Å². The molecule has 0 fully saturated rings. The molecule has 0 aliphatic rings. The topological polar surface area (TPSA) is 44.5 Å². The molecule has 0 aromatic carbocycles. The van der Waals surface area contributed by atoms with Crippen molar-refractivity contribution in [1.82, 2.24) is 0 Å². The number of hydrogen-bond acceptors (Lipinski definition) is 3. The highest BCUT2D eigenvalue weighted by molar-refractivity contribution is 4.59. The Balaban J connectivity index is 3.04. The predicted molar refractivity (Wildman–Crippen MR) is 50.2 cm³/mol. The molecule has 0 aliphatic heterocycles. The molecule has 0 aromatic heterocycles. The van der Waals surface area contributed by atoms with Gasteiger partial charge in [-0.15, -0.1) is 0 Å². The first-order chi connectivity index (χ1) is 5.81. The fourth-order valence-electron chi connectivity index (χ4n) is 0.952. The monoisotopic (exact) mass is 175 g/mol. The van der Waals surface area contributed by atoms with Crippen LogP contribution in [0.1, 0.15) is 26.2 Å². The standard InChI is InChI=1S/C9H21NO2/c1-3-6-12-8-9(10)5-4-7-11-2/h9H,3-8,10H2,1-2H3. The first kappa shape index (κ1) is 11.9. The molecule has 3 nitrogen and oxygen atoms in total. The van der Waals surface area contributed by atoms with Crippen LogP contribution in [0, 0.1) is 0 Å². The fraction of sp³-hybridized carbons (Fsp3) is 1.00. The van der Waals surface area contributed by atoms with Crippen molar-refractivity contribution in [2.24, 2.45) is 5.73 Å². The minimum absolute atomic E-state index is 0.173. The van der Waals surface area contributed by atoms with E-state index in [9.17, 15) is 0 Å². The molecular weight excluding hydrogens is 154 g/mol. The highest BCUT2D eigenvalue weighted by Crippen LogP contribution is 1.95. The average Bonchev–Trinajstić information content (AvgIpc) is 2.06. The Kier molecular flexibility index (Phi) is 8.88. The van der Waals surface area contributed by atoms with E-state index in [4.69, 9.17) is 15.2 Å². The summed E-state index contributed by atoms with van der Waals surface area (Å²) in [7, 11) is 1.71. The molecule has 0 saturated heterocycles. The van der Waals surface area contributed by atoms with Gasteiger partial charge in [-0.05, 0) is 19.3 Å². The van der Waals surface area contributed by atoms with Gasteiger partial charge in [0.25, 0.3) is 0 Å². The van der Waals surface area contributed by atoms with E-state index in [1.807, 2.05) is 0 Å². The zero-order valence-corrected chi connectivity index (χ0v) is 8.21. The average molecular weight is 175 g/mol. The summed E-state index contributed by atoms with van der Waals surface area (Å²) < 4.78 is 10.2. The maximum atomic E-state index is 5.77. The predicted octanol–water partition coefficient (Wildman–Crippen LogP) is 1.17. The van der Waals surface area contributed by atoms with Crippen LogP contribution in [0.25, 0.3) is 0 Å². The van der Waals surface area contributed by atoms with Gasteiger partial charge in [0.15, 0.2) is 0 Å². The molecule has 0 saturated carbocycles. The normalized spacial score (nSPS) is 13.2. The summed E-state index contributed by atoms with van der Waals surface area (Å²) >= 11 is 0. The van der Waals surface area contributed by atoms with Crippen molar-refractivity contribution >= 4 is 0 Å². The molecule has 0 bridgehead atoms. The van der Waals surface area contributed by atoms with Gasteiger partial charge >= 0.3 is 0 Å². The van der Waals surface area contributed by atoms with Crippen molar-refractivity contribution in [2.75, 3.05) is 26.9 Å². The van der Waals surface area contributed by atoms with Crippen LogP contribution in [0.5, 0.6) is 0 Å². The number of hydrogen-bond donors (Lipinski definition) is 1. The number of rotatable bonds is 8. The minimum atomic E-state index is 0.173. The largest absolute Gasteiger partial charge is 0.385 e. The molecule has 12 heavy (non-hydrogen) atoms. The number of methoxy groups -OCH3 is 1. The number of ether oxygens (including phenoxy) is 2. The first-order valence-electron chi connectivity index (χ1n) is 4.63. The van der Waals surface area contributed by atoms with Gasteiger partial charge in [0.1, 0.15) is 0 Å². The van der Waals surface area contributed by atoms with E-state index in [1.54, 1.807) is 7.11 Å². The molecule has 0 rings (SSSR count). The summed E-state index contributed by atoms with van der Waals surface area (Å²) in [6.07, 6.45) is 3.06. The third kappa shape index (κ3) is 7.98. The van der Waals surface area contributed by atoms with Gasteiger partial charge in [0, 0.05) is 26.4 Å². The summed E-state index contributed by atoms with van der Waals surface area (Å²) in [6.45, 7) is 4.38. The quantitative estimate of drug-likeness (QED) is 0.563. The van der Waals surface area contributed by atoms with Crippen molar-refractivity contribution in [2.45, 2.75) is 32.2 Å². The van der Waals surface area contributed by atoms with E-state index in [0.717, 1.165) is 32.5 Å². The molecule has 0 aromatic rings. The molecule has 2 N–H and O–H groups in total. The summed E-state index contributed by atoms with van der Waals surface area (Å²) in [6, 6.07) is 0.173. The fourth-order valence-corrected chi connectivity index (χ4v) is 0.952. The Morgan fingerprint density at radius 3 is 2.67 bits per heavy atom. The Morgan fingerprint density at radius 1 is 1.33 bits per heavy atom. The lowest BCUT2D eigenvalue weighted by atomic mass is 10.2. The van der Waals surface area contributed by atoms with E-state index in [2.05, 4.69) is 6.92 Å². The van der Waals surface area contributed by atoms with Crippen LogP contribution < -0.4 is 5.73 Å². The smallest absolute Gasteiger partial charge is 0.0617 e. The van der Waals surface area contributed by atoms with Crippen LogP contribution in [-0.4, -0.2) is 33.0 Å². The van der Waals surface area contributed by atoms with Gasteiger partial charge < -0.3 is 15.2 Å². The second kappa shape index (κ2) is 8.97. The second-order valence-electron chi connectivity index (χ2n) is 2.97. The molecule has 0 radical (unpaired) electrons. The van der Waals surface area contributed by atoms with Crippen LogP contribution in [0.15, 0.2) is 0 Å². The van der Waals surface area contributed by atoms with Crippen molar-refractivity contribution in [3.63, 3.8) is 0 Å². The van der Waals surface area contributed by atoms with Gasteiger partial charge in [-0.2, -0.15) is 0 Å². The van der Waals surface area contributed by atoms with Gasteiger partial charge in [0.2, 0.25) is 0 Å². The molecule has 1 unspecified atom stereocenters. The molecular formula is C9H21NO2. The maximum Gasteiger partial charge on any atom is 0.0617 e. The Morgan fingerprint density at radius 2 is 2.08 bits per heavy atom. The van der Waals surface area contributed by atoms with Crippen LogP contribution in [0.4, 0.5) is 0 Å². The van der Waals surface area contributed by atoms with Crippen LogP contribution in [0.3, 0.4) is 0 Å². The van der Waals surface area contributed by atoms with Gasteiger partial charge in [-0.25, -0.2) is 0 Å². The third-order valence-electron chi connectivity index (χ3n) is 1.60. The molecule has 74 valence electrons. The zero-order chi connectivity index (χ0) is 9.23. The second-order valence-corrected chi connectivity index (χ2v) is 2.97.